The molecule has 2 aromatic carbocycles. The minimum absolute atomic E-state index is 0.00316. The first-order valence-corrected chi connectivity index (χ1v) is 10.1. The molecule has 1 unspecified atom stereocenters. The van der Waals surface area contributed by atoms with E-state index in [1.807, 2.05) is 0 Å². The number of thiocarbonyl (C=S) groups is 1. The number of carbonyl (C=O) groups is 2. The first-order chi connectivity index (χ1) is 15.1. The number of hydrazine groups is 1. The molecule has 0 saturated carbocycles. The monoisotopic (exact) mass is 486 g/mol. The van der Waals surface area contributed by atoms with Crippen LogP contribution in [0.4, 0.5) is 24.5 Å². The van der Waals surface area contributed by atoms with Gasteiger partial charge in [0.15, 0.2) is 5.11 Å². The number of ether oxygens (including phenoxy) is 1. The third-order valence-electron chi connectivity index (χ3n) is 3.99. The molecule has 0 aliphatic heterocycles. The second-order valence-corrected chi connectivity index (χ2v) is 7.54. The van der Waals surface area contributed by atoms with Gasteiger partial charge in [0.05, 0.1) is 24.5 Å². The minimum Gasteiger partial charge on any atom is -0.497 e. The number of thiol groups is 1. The van der Waals surface area contributed by atoms with E-state index in [0.717, 1.165) is 17.8 Å². The molecule has 0 fully saturated rings. The summed E-state index contributed by atoms with van der Waals surface area (Å²) in [4.78, 5) is 24.0. The van der Waals surface area contributed by atoms with Crippen molar-refractivity contribution in [3.8, 4) is 5.75 Å². The van der Waals surface area contributed by atoms with Crippen molar-refractivity contribution in [3.63, 3.8) is 0 Å². The van der Waals surface area contributed by atoms with E-state index in [1.165, 1.54) is 12.1 Å². The van der Waals surface area contributed by atoms with E-state index in [9.17, 15) is 22.8 Å². The molecule has 0 aromatic heterocycles. The number of rotatable bonds is 8. The molecular weight excluding hydrogens is 465 g/mol. The lowest BCUT2D eigenvalue weighted by Crippen LogP contribution is -2.44. The summed E-state index contributed by atoms with van der Waals surface area (Å²) < 4.78 is 42.8. The Balaban J connectivity index is 1.70. The fourth-order valence-electron chi connectivity index (χ4n) is 2.47. The number of nitrogens with one attached hydrogen (secondary N) is 4. The molecule has 2 aromatic rings. The molecule has 0 saturated heterocycles. The van der Waals surface area contributed by atoms with Gasteiger partial charge in [0.25, 0.3) is 0 Å². The number of hydrogen-bond donors (Lipinski definition) is 5. The van der Waals surface area contributed by atoms with E-state index in [1.54, 1.807) is 31.4 Å². The maximum atomic E-state index is 12.6. The summed E-state index contributed by atoms with van der Waals surface area (Å²) in [6.45, 7) is 0. The SMILES string of the molecule is COc1ccc(NC(S)CC(=O)CC(=O)NNC(=S)Nc2ccc(C(F)(F)F)cc2)cc1. The second-order valence-electron chi connectivity index (χ2n) is 6.51. The number of alkyl halides is 3. The van der Waals surface area contributed by atoms with Crippen LogP contribution < -0.4 is 26.2 Å². The predicted octanol–water partition coefficient (Wildman–Crippen LogP) is 3.75. The van der Waals surface area contributed by atoms with Gasteiger partial charge in [0, 0.05) is 17.8 Å². The molecule has 172 valence electrons. The fraction of sp³-hybridized carbons (Fsp3) is 0.250. The zero-order valence-corrected chi connectivity index (χ0v) is 18.5. The highest BCUT2D eigenvalue weighted by molar-refractivity contribution is 7.81. The predicted molar refractivity (Wildman–Crippen MR) is 123 cm³/mol. The van der Waals surface area contributed by atoms with Crippen LogP contribution >= 0.6 is 24.8 Å². The van der Waals surface area contributed by atoms with Gasteiger partial charge in [-0.15, -0.1) is 0 Å². The fourth-order valence-corrected chi connectivity index (χ4v) is 2.99. The number of amides is 1. The van der Waals surface area contributed by atoms with Crippen molar-refractivity contribution in [2.24, 2.45) is 0 Å². The quantitative estimate of drug-likeness (QED) is 0.128. The van der Waals surface area contributed by atoms with E-state index in [0.29, 0.717) is 11.4 Å². The molecule has 0 spiro atoms. The molecule has 0 aliphatic rings. The van der Waals surface area contributed by atoms with E-state index in [2.05, 4.69) is 34.1 Å². The lowest BCUT2D eigenvalue weighted by Gasteiger charge is -2.15. The average Bonchev–Trinajstić information content (AvgIpc) is 2.72. The van der Waals surface area contributed by atoms with Crippen LogP contribution in [0, 0.1) is 0 Å². The molecule has 1 atom stereocenters. The van der Waals surface area contributed by atoms with Gasteiger partial charge < -0.3 is 15.4 Å². The van der Waals surface area contributed by atoms with E-state index < -0.39 is 29.4 Å². The highest BCUT2D eigenvalue weighted by Crippen LogP contribution is 2.29. The van der Waals surface area contributed by atoms with E-state index >= 15 is 0 Å². The first-order valence-electron chi connectivity index (χ1n) is 9.20. The van der Waals surface area contributed by atoms with Gasteiger partial charge in [-0.2, -0.15) is 25.8 Å². The van der Waals surface area contributed by atoms with Gasteiger partial charge in [-0.05, 0) is 60.7 Å². The third-order valence-corrected chi connectivity index (χ3v) is 4.50. The van der Waals surface area contributed by atoms with Gasteiger partial charge in [-0.1, -0.05) is 0 Å². The van der Waals surface area contributed by atoms with Crippen LogP contribution in [0.2, 0.25) is 0 Å². The Kier molecular flexibility index (Phi) is 9.14. The number of halogens is 3. The summed E-state index contributed by atoms with van der Waals surface area (Å²) in [6, 6.07) is 11.2. The van der Waals surface area contributed by atoms with Crippen molar-refractivity contribution < 1.29 is 27.5 Å². The number of benzene rings is 2. The summed E-state index contributed by atoms with van der Waals surface area (Å²) in [7, 11) is 1.56. The van der Waals surface area contributed by atoms with Gasteiger partial charge in [0.2, 0.25) is 5.91 Å². The summed E-state index contributed by atoms with van der Waals surface area (Å²) in [6.07, 6.45) is -4.85. The zero-order chi connectivity index (χ0) is 23.7. The molecule has 2 rings (SSSR count). The van der Waals surface area contributed by atoms with Gasteiger partial charge in [0.1, 0.15) is 11.5 Å². The molecule has 0 heterocycles. The molecule has 4 N–H and O–H groups in total. The topological polar surface area (TPSA) is 91.5 Å². The van der Waals surface area contributed by atoms with Crippen molar-refractivity contribution in [1.82, 2.24) is 10.9 Å². The highest BCUT2D eigenvalue weighted by atomic mass is 32.1. The van der Waals surface area contributed by atoms with Gasteiger partial charge in [-0.3, -0.25) is 20.4 Å². The van der Waals surface area contributed by atoms with Crippen molar-refractivity contribution in [1.29, 1.82) is 0 Å². The number of Topliss-reactive ketones (excluding diaryl/α,β-unsaturated/α-hetero) is 1. The maximum Gasteiger partial charge on any atom is 0.416 e. The van der Waals surface area contributed by atoms with Crippen molar-refractivity contribution in [2.45, 2.75) is 24.4 Å². The maximum absolute atomic E-state index is 12.6. The van der Waals surface area contributed by atoms with Gasteiger partial charge in [-0.25, -0.2) is 0 Å². The minimum atomic E-state index is -4.44. The Morgan fingerprint density at radius 1 is 1.03 bits per heavy atom. The first kappa shape index (κ1) is 25.3. The normalized spacial score (nSPS) is 11.8. The Bertz CT molecular complexity index is 939. The molecule has 1 amide bonds. The molecule has 12 heteroatoms. The molecule has 7 nitrogen and oxygen atoms in total. The van der Waals surface area contributed by atoms with Crippen LogP contribution in [0.3, 0.4) is 0 Å². The standard InChI is InChI=1S/C20H21F3N4O3S2/c1-30-16-8-6-13(7-9-16)24-18(31)11-15(28)10-17(29)26-27-19(32)25-14-4-2-12(3-5-14)20(21,22)23/h2-9,18,24,31H,10-11H2,1H3,(H,26,29)(H2,25,27,32). The van der Waals surface area contributed by atoms with Crippen LogP contribution in [-0.2, 0) is 15.8 Å². The Labute approximate surface area is 193 Å². The number of methoxy groups -OCH3 is 1. The molecule has 32 heavy (non-hydrogen) atoms. The van der Waals surface area contributed by atoms with Crippen LogP contribution in [0.5, 0.6) is 5.75 Å². The number of carbonyl (C=O) groups excluding carboxylic acids is 2. The van der Waals surface area contributed by atoms with Crippen LogP contribution in [-0.4, -0.2) is 29.3 Å². The Morgan fingerprint density at radius 2 is 1.62 bits per heavy atom. The number of ketones is 1. The number of hydrogen-bond acceptors (Lipinski definition) is 6. The lowest BCUT2D eigenvalue weighted by molar-refractivity contribution is -0.137. The number of anilines is 2. The zero-order valence-electron chi connectivity index (χ0n) is 16.8. The van der Waals surface area contributed by atoms with Gasteiger partial charge >= 0.3 is 6.18 Å². The van der Waals surface area contributed by atoms with Crippen LogP contribution in [0.25, 0.3) is 0 Å². The smallest absolute Gasteiger partial charge is 0.416 e. The highest BCUT2D eigenvalue weighted by Gasteiger charge is 2.29. The summed E-state index contributed by atoms with van der Waals surface area (Å²) in [5.74, 6) is -0.291. The van der Waals surface area contributed by atoms with Crippen LogP contribution in [0.15, 0.2) is 48.5 Å². The summed E-state index contributed by atoms with van der Waals surface area (Å²) >= 11 is 9.27. The van der Waals surface area contributed by atoms with Crippen molar-refractivity contribution in [2.75, 3.05) is 17.7 Å². The summed E-state index contributed by atoms with van der Waals surface area (Å²) in [5, 5.41) is 5.09. The van der Waals surface area contributed by atoms with Crippen LogP contribution in [0.1, 0.15) is 18.4 Å². The Hall–Kier alpha value is -2.99. The third kappa shape index (κ3) is 8.63. The van der Waals surface area contributed by atoms with E-state index in [4.69, 9.17) is 17.0 Å². The summed E-state index contributed by atoms with van der Waals surface area (Å²) in [5.41, 5.74) is 4.88. The Morgan fingerprint density at radius 3 is 2.19 bits per heavy atom. The lowest BCUT2D eigenvalue weighted by atomic mass is 10.2. The molecule has 0 radical (unpaired) electrons. The second kappa shape index (κ2) is 11.6. The molecule has 0 aliphatic carbocycles. The molecular formula is C20H21F3N4O3S2. The van der Waals surface area contributed by atoms with Crippen molar-refractivity contribution >= 4 is 53.0 Å². The van der Waals surface area contributed by atoms with E-state index in [-0.39, 0.29) is 17.3 Å². The largest absolute Gasteiger partial charge is 0.497 e. The van der Waals surface area contributed by atoms with Crippen molar-refractivity contribution in [3.05, 3.63) is 54.1 Å². The average molecular weight is 487 g/mol. The molecule has 0 bridgehead atoms.